The second-order valence-corrected chi connectivity index (χ2v) is 4.92. The minimum Gasteiger partial charge on any atom is -0.503 e. The lowest BCUT2D eigenvalue weighted by molar-refractivity contribution is -0.173. The summed E-state index contributed by atoms with van der Waals surface area (Å²) in [5, 5.41) is 10.4. The number of halogens is 1. The average molecular weight is 328 g/mol. The maximum atomic E-state index is 13.5. The molecule has 0 aliphatic rings. The van der Waals surface area contributed by atoms with E-state index in [1.54, 1.807) is 25.3 Å². The van der Waals surface area contributed by atoms with Crippen molar-refractivity contribution in [3.05, 3.63) is 47.0 Å². The predicted octanol–water partition coefficient (Wildman–Crippen LogP) is 1.86. The molecule has 6 nitrogen and oxygen atoms in total. The van der Waals surface area contributed by atoms with Crippen LogP contribution in [0.4, 0.5) is 4.39 Å². The Balaban J connectivity index is 2.82. The Morgan fingerprint density at radius 3 is 2.73 bits per heavy atom. The van der Waals surface area contributed by atoms with Gasteiger partial charge in [0.1, 0.15) is 5.82 Å². The van der Waals surface area contributed by atoms with E-state index in [1.165, 1.54) is 13.2 Å². The molecule has 0 spiro atoms. The number of hydrogen-bond acceptors (Lipinski definition) is 5. The fourth-order valence-corrected chi connectivity index (χ4v) is 1.82. The van der Waals surface area contributed by atoms with Crippen LogP contribution in [0.3, 0.4) is 0 Å². The van der Waals surface area contributed by atoms with Crippen LogP contribution in [-0.2, 0) is 21.0 Å². The number of hydroxylamine groups is 2. The second-order valence-electron chi connectivity index (χ2n) is 4.31. The molecule has 0 unspecified atom stereocenters. The summed E-state index contributed by atoms with van der Waals surface area (Å²) in [6.45, 7) is 1.60. The molecule has 2 N–H and O–H groups in total. The van der Waals surface area contributed by atoms with Gasteiger partial charge >= 0.3 is 0 Å². The zero-order chi connectivity index (χ0) is 16.7. The van der Waals surface area contributed by atoms with Crippen molar-refractivity contribution < 1.29 is 23.9 Å². The molecule has 0 atom stereocenters. The molecule has 0 saturated carbocycles. The number of aliphatic hydroxyl groups excluding tert-OH is 1. The minimum absolute atomic E-state index is 0.0273. The molecule has 0 aliphatic carbocycles. The van der Waals surface area contributed by atoms with Gasteiger partial charge in [-0.2, -0.15) is 0 Å². The molecular weight excluding hydrogens is 311 g/mol. The van der Waals surface area contributed by atoms with Gasteiger partial charge in [-0.15, -0.1) is 0 Å². The second kappa shape index (κ2) is 8.40. The molecule has 0 bridgehead atoms. The van der Waals surface area contributed by atoms with Crippen molar-refractivity contribution in [2.45, 2.75) is 13.5 Å². The first-order valence-electron chi connectivity index (χ1n) is 6.23. The fraction of sp³-hybridized carbons (Fsp3) is 0.286. The molecule has 1 rings (SSSR count). The van der Waals surface area contributed by atoms with Gasteiger partial charge in [0, 0.05) is 6.26 Å². The van der Waals surface area contributed by atoms with Crippen LogP contribution in [0.2, 0.25) is 0 Å². The summed E-state index contributed by atoms with van der Waals surface area (Å²) >= 11 is 0.987. The van der Waals surface area contributed by atoms with E-state index in [2.05, 4.69) is 4.72 Å². The molecule has 22 heavy (non-hydrogen) atoms. The molecule has 120 valence electrons. The molecule has 0 fully saturated rings. The van der Waals surface area contributed by atoms with E-state index in [0.717, 1.165) is 23.1 Å². The van der Waals surface area contributed by atoms with Crippen molar-refractivity contribution >= 4 is 23.8 Å². The monoisotopic (exact) mass is 328 g/mol. The van der Waals surface area contributed by atoms with Crippen molar-refractivity contribution in [1.29, 1.82) is 0 Å². The lowest BCUT2D eigenvalue weighted by Gasteiger charge is -2.18. The van der Waals surface area contributed by atoms with E-state index in [4.69, 9.17) is 4.84 Å². The predicted molar refractivity (Wildman–Crippen MR) is 81.1 cm³/mol. The van der Waals surface area contributed by atoms with Crippen LogP contribution < -0.4 is 4.72 Å². The molecule has 8 heteroatoms. The maximum Gasteiger partial charge on any atom is 0.296 e. The molecule has 0 radical (unpaired) electrons. The normalized spacial score (nSPS) is 11.2. The van der Waals surface area contributed by atoms with E-state index < -0.39 is 23.4 Å². The van der Waals surface area contributed by atoms with Crippen LogP contribution in [0.15, 0.2) is 30.0 Å². The van der Waals surface area contributed by atoms with Crippen LogP contribution in [0.1, 0.15) is 11.1 Å². The minimum atomic E-state index is -0.793. The molecule has 0 saturated heterocycles. The third kappa shape index (κ3) is 5.05. The Kier molecular flexibility index (Phi) is 6.87. The van der Waals surface area contributed by atoms with Gasteiger partial charge in [0.15, 0.2) is 5.76 Å². The smallest absolute Gasteiger partial charge is 0.296 e. The van der Waals surface area contributed by atoms with Crippen molar-refractivity contribution in [1.82, 2.24) is 9.79 Å². The zero-order valence-electron chi connectivity index (χ0n) is 12.4. The quantitative estimate of drug-likeness (QED) is 0.361. The van der Waals surface area contributed by atoms with E-state index in [1.807, 2.05) is 0 Å². The van der Waals surface area contributed by atoms with Gasteiger partial charge in [0.25, 0.3) is 11.8 Å². The molecule has 0 aromatic heterocycles. The maximum absolute atomic E-state index is 13.5. The summed E-state index contributed by atoms with van der Waals surface area (Å²) in [4.78, 5) is 28.1. The van der Waals surface area contributed by atoms with Crippen molar-refractivity contribution in [2.75, 3.05) is 13.4 Å². The molecular formula is C14H17FN2O4S. The van der Waals surface area contributed by atoms with Gasteiger partial charge in [0.05, 0.1) is 19.7 Å². The lowest BCUT2D eigenvalue weighted by atomic mass is 10.1. The van der Waals surface area contributed by atoms with Gasteiger partial charge in [-0.25, -0.2) is 9.45 Å². The highest BCUT2D eigenvalue weighted by molar-refractivity contribution is 7.97. The topological polar surface area (TPSA) is 78.9 Å². The molecule has 1 aromatic carbocycles. The van der Waals surface area contributed by atoms with Crippen LogP contribution in [0.5, 0.6) is 0 Å². The highest BCUT2D eigenvalue weighted by Gasteiger charge is 2.16. The summed E-state index contributed by atoms with van der Waals surface area (Å²) in [5.74, 6) is -2.66. The number of amides is 2. The number of hydrogen-bond donors (Lipinski definition) is 2. The Labute approximate surface area is 132 Å². The van der Waals surface area contributed by atoms with Crippen LogP contribution in [-0.4, -0.2) is 35.3 Å². The average Bonchev–Trinajstić information content (AvgIpc) is 2.48. The van der Waals surface area contributed by atoms with E-state index in [0.29, 0.717) is 11.1 Å². The van der Waals surface area contributed by atoms with Crippen LogP contribution >= 0.6 is 11.9 Å². The number of nitrogens with zero attached hydrogens (tertiary/aromatic N) is 1. The van der Waals surface area contributed by atoms with Crippen LogP contribution in [0.25, 0.3) is 0 Å². The first-order valence-corrected chi connectivity index (χ1v) is 7.46. The Hall–Kier alpha value is -2.06. The highest BCUT2D eigenvalue weighted by atomic mass is 32.2. The fourth-order valence-electron chi connectivity index (χ4n) is 1.53. The molecule has 0 heterocycles. The van der Waals surface area contributed by atoms with Gasteiger partial charge < -0.3 is 5.11 Å². The van der Waals surface area contributed by atoms with Crippen molar-refractivity contribution in [3.8, 4) is 0 Å². The third-order valence-corrected chi connectivity index (χ3v) is 3.11. The van der Waals surface area contributed by atoms with E-state index in [9.17, 15) is 19.1 Å². The molecule has 0 aliphatic heterocycles. The summed E-state index contributed by atoms with van der Waals surface area (Å²) in [6, 6.07) is 4.53. The summed E-state index contributed by atoms with van der Waals surface area (Å²) in [5.41, 5.74) is 1.00. The number of rotatable bonds is 6. The SMILES string of the molecule is CON(Cc1ccc(C)c(F)c1)C(=O)/C=C(\O)C(=O)NSC. The standard InChI is InChI=1S/C14H17FN2O4S/c1-9-4-5-10(6-11(9)15)8-17(21-2)13(19)7-12(18)14(20)16-22-3/h4-7,18H,8H2,1-3H3,(H,16,20)/b12-7-. The molecule has 2 amide bonds. The first-order chi connectivity index (χ1) is 10.4. The number of carbonyl (C=O) groups is 2. The summed E-state index contributed by atoms with van der Waals surface area (Å²) < 4.78 is 15.8. The zero-order valence-corrected chi connectivity index (χ0v) is 13.2. The first kappa shape index (κ1) is 18.0. The van der Waals surface area contributed by atoms with Gasteiger partial charge in [-0.1, -0.05) is 24.1 Å². The largest absolute Gasteiger partial charge is 0.503 e. The van der Waals surface area contributed by atoms with Crippen molar-refractivity contribution in [3.63, 3.8) is 0 Å². The van der Waals surface area contributed by atoms with Crippen LogP contribution in [0, 0.1) is 12.7 Å². The Morgan fingerprint density at radius 1 is 1.50 bits per heavy atom. The lowest BCUT2D eigenvalue weighted by Crippen LogP contribution is -2.29. The summed E-state index contributed by atoms with van der Waals surface area (Å²) in [7, 11) is 1.26. The Morgan fingerprint density at radius 2 is 2.18 bits per heavy atom. The highest BCUT2D eigenvalue weighted by Crippen LogP contribution is 2.12. The number of aliphatic hydroxyl groups is 1. The van der Waals surface area contributed by atoms with Gasteiger partial charge in [-0.05, 0) is 24.1 Å². The Bertz CT molecular complexity index is 592. The number of nitrogens with one attached hydrogen (secondary N) is 1. The summed E-state index contributed by atoms with van der Waals surface area (Å²) in [6.07, 6.45) is 2.33. The number of aryl methyl sites for hydroxylation is 1. The van der Waals surface area contributed by atoms with Gasteiger partial charge in [0.2, 0.25) is 0 Å². The molecule has 1 aromatic rings. The van der Waals surface area contributed by atoms with Crippen molar-refractivity contribution in [2.24, 2.45) is 0 Å². The van der Waals surface area contributed by atoms with Gasteiger partial charge in [-0.3, -0.25) is 19.1 Å². The van der Waals surface area contributed by atoms with E-state index in [-0.39, 0.29) is 6.54 Å². The number of carbonyl (C=O) groups excluding carboxylic acids is 2. The number of benzene rings is 1. The van der Waals surface area contributed by atoms with E-state index >= 15 is 0 Å². The third-order valence-electron chi connectivity index (χ3n) is 2.72.